The van der Waals surface area contributed by atoms with Crippen molar-refractivity contribution in [3.8, 4) is 0 Å². The van der Waals surface area contributed by atoms with Gasteiger partial charge in [-0.25, -0.2) is 0 Å². The molecule has 0 bridgehead atoms. The Morgan fingerprint density at radius 2 is 1.46 bits per heavy atom. The van der Waals surface area contributed by atoms with Crippen LogP contribution in [0.1, 0.15) is 57.2 Å². The van der Waals surface area contributed by atoms with E-state index in [4.69, 9.17) is 11.6 Å². The summed E-state index contributed by atoms with van der Waals surface area (Å²) in [4.78, 5) is 2.23. The molecule has 2 heteroatoms. The molecule has 3 rings (SSSR count). The number of nitrogens with zero attached hydrogens (tertiary/aromatic N) is 1. The molecule has 0 saturated heterocycles. The van der Waals surface area contributed by atoms with Gasteiger partial charge in [0.25, 0.3) is 0 Å². The van der Waals surface area contributed by atoms with E-state index >= 15 is 0 Å². The van der Waals surface area contributed by atoms with Gasteiger partial charge < -0.3 is 4.90 Å². The molecule has 0 unspecified atom stereocenters. The van der Waals surface area contributed by atoms with E-state index in [1.807, 2.05) is 12.1 Å². The standard InChI is InChI=1S/C22H28ClN/c1-15-11-16(23)13-18(12-15)24(6)17-7-8-19-20(14-17)22(4,5)10-9-21(19,2)3/h7-8,11-14H,9-10H2,1-6H3. The number of hydrogen-bond donors (Lipinski definition) is 0. The lowest BCUT2D eigenvalue weighted by Crippen LogP contribution is -2.34. The number of aryl methyl sites for hydroxylation is 1. The molecule has 2 aromatic carbocycles. The van der Waals surface area contributed by atoms with Gasteiger partial charge in [-0.2, -0.15) is 0 Å². The van der Waals surface area contributed by atoms with Crippen molar-refractivity contribution in [2.24, 2.45) is 0 Å². The molecule has 0 N–H and O–H groups in total. The number of hydrogen-bond acceptors (Lipinski definition) is 1. The van der Waals surface area contributed by atoms with Crippen molar-refractivity contribution >= 4 is 23.0 Å². The quantitative estimate of drug-likeness (QED) is 0.582. The highest BCUT2D eigenvalue weighted by molar-refractivity contribution is 6.31. The molecule has 0 heterocycles. The van der Waals surface area contributed by atoms with Crippen LogP contribution in [0.4, 0.5) is 11.4 Å². The Balaban J connectivity index is 2.07. The summed E-state index contributed by atoms with van der Waals surface area (Å²) in [5, 5.41) is 0.788. The smallest absolute Gasteiger partial charge is 0.0429 e. The average Bonchev–Trinajstić information content (AvgIpc) is 2.50. The van der Waals surface area contributed by atoms with Crippen LogP contribution in [-0.4, -0.2) is 7.05 Å². The van der Waals surface area contributed by atoms with Crippen LogP contribution in [0.15, 0.2) is 36.4 Å². The lowest BCUT2D eigenvalue weighted by molar-refractivity contribution is 0.332. The Morgan fingerprint density at radius 3 is 2.08 bits per heavy atom. The van der Waals surface area contributed by atoms with Crippen LogP contribution in [0.25, 0.3) is 0 Å². The summed E-state index contributed by atoms with van der Waals surface area (Å²) in [5.41, 5.74) is 7.01. The van der Waals surface area contributed by atoms with Crippen molar-refractivity contribution in [3.05, 3.63) is 58.1 Å². The fourth-order valence-corrected chi connectivity index (χ4v) is 4.13. The molecule has 0 spiro atoms. The minimum absolute atomic E-state index is 0.228. The predicted octanol–water partition coefficient (Wildman–Crippen LogP) is 6.77. The second-order valence-electron chi connectivity index (χ2n) is 8.54. The molecule has 128 valence electrons. The van der Waals surface area contributed by atoms with Gasteiger partial charge in [0, 0.05) is 23.4 Å². The van der Waals surface area contributed by atoms with Crippen LogP contribution < -0.4 is 4.90 Å². The molecule has 0 saturated carbocycles. The molecular formula is C22H28ClN. The first-order valence-electron chi connectivity index (χ1n) is 8.76. The van der Waals surface area contributed by atoms with Gasteiger partial charge in [0.1, 0.15) is 0 Å². The van der Waals surface area contributed by atoms with Crippen molar-refractivity contribution in [2.45, 2.75) is 58.3 Å². The highest BCUT2D eigenvalue weighted by Gasteiger charge is 2.37. The maximum Gasteiger partial charge on any atom is 0.0429 e. The van der Waals surface area contributed by atoms with Gasteiger partial charge in [-0.1, -0.05) is 45.4 Å². The Bertz CT molecular complexity index is 753. The lowest BCUT2D eigenvalue weighted by atomic mass is 9.63. The Kier molecular flexibility index (Phi) is 4.20. The predicted molar refractivity (Wildman–Crippen MR) is 106 cm³/mol. The van der Waals surface area contributed by atoms with Crippen LogP contribution in [0, 0.1) is 6.92 Å². The van der Waals surface area contributed by atoms with E-state index in [2.05, 4.69) is 70.8 Å². The molecule has 0 fully saturated rings. The molecule has 0 atom stereocenters. The van der Waals surface area contributed by atoms with Gasteiger partial charge in [0.15, 0.2) is 0 Å². The van der Waals surface area contributed by atoms with E-state index in [1.165, 1.54) is 35.2 Å². The molecule has 24 heavy (non-hydrogen) atoms. The molecule has 1 aliphatic rings. The first kappa shape index (κ1) is 17.4. The van der Waals surface area contributed by atoms with Crippen LogP contribution >= 0.6 is 11.6 Å². The zero-order valence-corrected chi connectivity index (χ0v) is 16.5. The van der Waals surface area contributed by atoms with Crippen molar-refractivity contribution in [1.82, 2.24) is 0 Å². The second kappa shape index (κ2) is 5.81. The topological polar surface area (TPSA) is 3.24 Å². The molecule has 0 aromatic heterocycles. The van der Waals surface area contributed by atoms with Crippen LogP contribution in [0.5, 0.6) is 0 Å². The summed E-state index contributed by atoms with van der Waals surface area (Å²) in [6.07, 6.45) is 2.48. The summed E-state index contributed by atoms with van der Waals surface area (Å²) in [6, 6.07) is 13.2. The van der Waals surface area contributed by atoms with E-state index in [0.29, 0.717) is 0 Å². The second-order valence-corrected chi connectivity index (χ2v) is 8.98. The SMILES string of the molecule is Cc1cc(Cl)cc(N(C)c2ccc3c(c2)C(C)(C)CCC3(C)C)c1. The number of rotatable bonds is 2. The molecule has 0 amide bonds. The van der Waals surface area contributed by atoms with E-state index in [1.54, 1.807) is 0 Å². The van der Waals surface area contributed by atoms with Crippen molar-refractivity contribution in [3.63, 3.8) is 0 Å². The van der Waals surface area contributed by atoms with E-state index in [-0.39, 0.29) is 10.8 Å². The van der Waals surface area contributed by atoms with E-state index in [0.717, 1.165) is 10.7 Å². The van der Waals surface area contributed by atoms with Gasteiger partial charge >= 0.3 is 0 Å². The maximum absolute atomic E-state index is 6.25. The molecule has 1 nitrogen and oxygen atoms in total. The van der Waals surface area contributed by atoms with Crippen LogP contribution in [-0.2, 0) is 10.8 Å². The summed E-state index contributed by atoms with van der Waals surface area (Å²) in [6.45, 7) is 11.6. The van der Waals surface area contributed by atoms with E-state index < -0.39 is 0 Å². The van der Waals surface area contributed by atoms with Crippen molar-refractivity contribution < 1.29 is 0 Å². The highest BCUT2D eigenvalue weighted by Crippen LogP contribution is 2.47. The normalized spacial score (nSPS) is 18.1. The van der Waals surface area contributed by atoms with Gasteiger partial charge in [-0.3, -0.25) is 0 Å². The zero-order chi connectivity index (χ0) is 17.7. The van der Waals surface area contributed by atoms with Crippen LogP contribution in [0.2, 0.25) is 5.02 Å². The molecule has 0 aliphatic heterocycles. The average molecular weight is 342 g/mol. The Labute approximate surface area is 151 Å². The first-order valence-corrected chi connectivity index (χ1v) is 9.14. The maximum atomic E-state index is 6.25. The number of halogens is 1. The van der Waals surface area contributed by atoms with Gasteiger partial charge in [0.2, 0.25) is 0 Å². The fourth-order valence-electron chi connectivity index (χ4n) is 3.85. The summed E-state index contributed by atoms with van der Waals surface area (Å²) >= 11 is 6.25. The number of benzene rings is 2. The van der Waals surface area contributed by atoms with Gasteiger partial charge in [-0.05, 0) is 77.6 Å². The Morgan fingerprint density at radius 1 is 0.833 bits per heavy atom. The molecule has 1 aliphatic carbocycles. The monoisotopic (exact) mass is 341 g/mol. The molecular weight excluding hydrogens is 314 g/mol. The van der Waals surface area contributed by atoms with Crippen LogP contribution in [0.3, 0.4) is 0 Å². The molecule has 2 aromatic rings. The fraction of sp³-hybridized carbons (Fsp3) is 0.455. The third kappa shape index (κ3) is 3.07. The zero-order valence-electron chi connectivity index (χ0n) is 15.7. The van der Waals surface area contributed by atoms with E-state index in [9.17, 15) is 0 Å². The minimum atomic E-state index is 0.228. The third-order valence-electron chi connectivity index (χ3n) is 5.64. The lowest BCUT2D eigenvalue weighted by Gasteiger charge is -2.42. The summed E-state index contributed by atoms with van der Waals surface area (Å²) < 4.78 is 0. The van der Waals surface area contributed by atoms with Gasteiger partial charge in [-0.15, -0.1) is 0 Å². The highest BCUT2D eigenvalue weighted by atomic mass is 35.5. The third-order valence-corrected chi connectivity index (χ3v) is 5.86. The van der Waals surface area contributed by atoms with Crippen molar-refractivity contribution in [1.29, 1.82) is 0 Å². The van der Waals surface area contributed by atoms with Gasteiger partial charge in [0.05, 0.1) is 0 Å². The summed E-state index contributed by atoms with van der Waals surface area (Å²) in [5.74, 6) is 0. The number of anilines is 2. The molecule has 0 radical (unpaired) electrons. The minimum Gasteiger partial charge on any atom is -0.345 e. The largest absolute Gasteiger partial charge is 0.345 e. The van der Waals surface area contributed by atoms with Crippen molar-refractivity contribution in [2.75, 3.05) is 11.9 Å². The summed E-state index contributed by atoms with van der Waals surface area (Å²) in [7, 11) is 2.12. The first-order chi connectivity index (χ1) is 11.1. The number of fused-ring (bicyclic) bond motifs is 1. The Hall–Kier alpha value is -1.47.